The van der Waals surface area contributed by atoms with Gasteiger partial charge in [-0.1, -0.05) is 73.7 Å². The van der Waals surface area contributed by atoms with Gasteiger partial charge in [-0.25, -0.2) is 0 Å². The predicted molar refractivity (Wildman–Crippen MR) is 132 cm³/mol. The Kier molecular flexibility index (Phi) is 8.36. The average molecular weight is 447 g/mol. The van der Waals surface area contributed by atoms with Crippen molar-refractivity contribution in [2.45, 2.75) is 38.7 Å². The molecular formula is C28H34N2O3. The molecule has 33 heavy (non-hydrogen) atoms. The third-order valence-electron chi connectivity index (χ3n) is 6.11. The highest BCUT2D eigenvalue weighted by atomic mass is 16.5. The standard InChI is InChI=1S/C28H34N2O3/c1-2-30-18-25(26(31)19-30)29-16-15-22-13-14-27(32-20-23-9-5-3-6-10-23)28(17-22)33-21-24-11-7-4-8-12-24/h3-14,17,25-26,29,31H,2,15-16,18-21H2,1H3. The van der Waals surface area contributed by atoms with Gasteiger partial charge in [0.1, 0.15) is 13.2 Å². The number of likely N-dealkylation sites (tertiary alicyclic amines) is 1. The summed E-state index contributed by atoms with van der Waals surface area (Å²) in [4.78, 5) is 2.27. The fraction of sp³-hybridized carbons (Fsp3) is 0.357. The van der Waals surface area contributed by atoms with Crippen LogP contribution in [0.2, 0.25) is 0 Å². The van der Waals surface area contributed by atoms with E-state index in [1.54, 1.807) is 0 Å². The summed E-state index contributed by atoms with van der Waals surface area (Å²) < 4.78 is 12.3. The van der Waals surface area contributed by atoms with Gasteiger partial charge < -0.3 is 19.9 Å². The van der Waals surface area contributed by atoms with Crippen LogP contribution >= 0.6 is 0 Å². The second-order valence-electron chi connectivity index (χ2n) is 8.56. The summed E-state index contributed by atoms with van der Waals surface area (Å²) in [7, 11) is 0. The number of ether oxygens (including phenoxy) is 2. The van der Waals surface area contributed by atoms with Crippen LogP contribution in [0.3, 0.4) is 0 Å². The Bertz CT molecular complexity index is 981. The Morgan fingerprint density at radius 2 is 1.45 bits per heavy atom. The van der Waals surface area contributed by atoms with Gasteiger partial charge in [-0.05, 0) is 48.3 Å². The van der Waals surface area contributed by atoms with Crippen molar-refractivity contribution in [1.29, 1.82) is 0 Å². The van der Waals surface area contributed by atoms with Gasteiger partial charge in [0.05, 0.1) is 6.10 Å². The van der Waals surface area contributed by atoms with Crippen molar-refractivity contribution in [1.82, 2.24) is 10.2 Å². The summed E-state index contributed by atoms with van der Waals surface area (Å²) in [6, 6.07) is 26.6. The maximum Gasteiger partial charge on any atom is 0.161 e. The number of aliphatic hydroxyl groups excluding tert-OH is 1. The first-order chi connectivity index (χ1) is 16.2. The lowest BCUT2D eigenvalue weighted by atomic mass is 10.1. The number of nitrogens with zero attached hydrogens (tertiary/aromatic N) is 1. The molecule has 0 spiro atoms. The van der Waals surface area contributed by atoms with E-state index in [0.29, 0.717) is 13.2 Å². The first-order valence-corrected chi connectivity index (χ1v) is 11.8. The molecule has 1 aliphatic heterocycles. The van der Waals surface area contributed by atoms with Gasteiger partial charge >= 0.3 is 0 Å². The molecule has 2 unspecified atom stereocenters. The van der Waals surface area contributed by atoms with Gasteiger partial charge in [0.25, 0.3) is 0 Å². The quantitative estimate of drug-likeness (QED) is 0.466. The highest BCUT2D eigenvalue weighted by Gasteiger charge is 2.29. The molecule has 5 heteroatoms. The number of aliphatic hydroxyl groups is 1. The third kappa shape index (κ3) is 6.81. The molecular weight excluding hydrogens is 412 g/mol. The van der Waals surface area contributed by atoms with E-state index in [1.165, 1.54) is 5.56 Å². The Morgan fingerprint density at radius 1 is 0.818 bits per heavy atom. The van der Waals surface area contributed by atoms with Gasteiger partial charge in [-0.3, -0.25) is 4.90 Å². The number of likely N-dealkylation sites (N-methyl/N-ethyl adjacent to an activating group) is 1. The monoisotopic (exact) mass is 446 g/mol. The number of nitrogens with one attached hydrogen (secondary N) is 1. The Labute approximate surface area is 197 Å². The maximum absolute atomic E-state index is 10.3. The number of β-amino-alcohol motifs (C(OH)–C–C–N with tert-alkyl or cyclic N) is 1. The first-order valence-electron chi connectivity index (χ1n) is 11.8. The van der Waals surface area contributed by atoms with Crippen molar-refractivity contribution in [3.63, 3.8) is 0 Å². The highest BCUT2D eigenvalue weighted by molar-refractivity contribution is 5.43. The largest absolute Gasteiger partial charge is 0.485 e. The first kappa shape index (κ1) is 23.3. The molecule has 0 aromatic heterocycles. The van der Waals surface area contributed by atoms with Crippen LogP contribution in [0.5, 0.6) is 11.5 Å². The topological polar surface area (TPSA) is 54.0 Å². The van der Waals surface area contributed by atoms with Crippen molar-refractivity contribution in [3.05, 3.63) is 95.6 Å². The summed E-state index contributed by atoms with van der Waals surface area (Å²) >= 11 is 0. The smallest absolute Gasteiger partial charge is 0.161 e. The lowest BCUT2D eigenvalue weighted by molar-refractivity contribution is 0.155. The lowest BCUT2D eigenvalue weighted by Crippen LogP contribution is -2.40. The Balaban J connectivity index is 1.39. The number of rotatable bonds is 11. The minimum atomic E-state index is -0.302. The lowest BCUT2D eigenvalue weighted by Gasteiger charge is -2.17. The Morgan fingerprint density at radius 3 is 2.06 bits per heavy atom. The van der Waals surface area contributed by atoms with Crippen molar-refractivity contribution >= 4 is 0 Å². The minimum absolute atomic E-state index is 0.132. The summed E-state index contributed by atoms with van der Waals surface area (Å²) in [5.74, 6) is 1.50. The zero-order valence-electron chi connectivity index (χ0n) is 19.3. The molecule has 0 bridgehead atoms. The van der Waals surface area contributed by atoms with E-state index in [2.05, 4.69) is 53.5 Å². The molecule has 0 amide bonds. The molecule has 1 aliphatic rings. The van der Waals surface area contributed by atoms with E-state index in [1.807, 2.05) is 42.5 Å². The highest BCUT2D eigenvalue weighted by Crippen LogP contribution is 2.30. The number of benzene rings is 3. The van der Waals surface area contributed by atoms with Crippen LogP contribution in [0.1, 0.15) is 23.6 Å². The van der Waals surface area contributed by atoms with Crippen LogP contribution < -0.4 is 14.8 Å². The molecule has 1 saturated heterocycles. The zero-order valence-corrected chi connectivity index (χ0v) is 19.3. The maximum atomic E-state index is 10.3. The molecule has 1 heterocycles. The van der Waals surface area contributed by atoms with Gasteiger partial charge in [-0.2, -0.15) is 0 Å². The molecule has 1 fully saturated rings. The summed E-state index contributed by atoms with van der Waals surface area (Å²) in [6.45, 7) is 6.55. The molecule has 2 N–H and O–H groups in total. The SMILES string of the molecule is CCN1CC(O)C(NCCc2ccc(OCc3ccccc3)c(OCc3ccccc3)c2)C1. The van der Waals surface area contributed by atoms with E-state index < -0.39 is 0 Å². The molecule has 3 aromatic rings. The zero-order chi connectivity index (χ0) is 22.9. The summed E-state index contributed by atoms with van der Waals surface area (Å²) in [5, 5.41) is 13.8. The second-order valence-corrected chi connectivity index (χ2v) is 8.56. The van der Waals surface area contributed by atoms with Crippen LogP contribution in [0, 0.1) is 0 Å². The van der Waals surface area contributed by atoms with Crippen molar-refractivity contribution in [2.75, 3.05) is 26.2 Å². The van der Waals surface area contributed by atoms with Gasteiger partial charge in [0, 0.05) is 19.1 Å². The van der Waals surface area contributed by atoms with Crippen molar-refractivity contribution in [3.8, 4) is 11.5 Å². The summed E-state index contributed by atoms with van der Waals surface area (Å²) in [6.07, 6.45) is 0.555. The van der Waals surface area contributed by atoms with Crippen LogP contribution in [0.25, 0.3) is 0 Å². The number of hydrogen-bond acceptors (Lipinski definition) is 5. The van der Waals surface area contributed by atoms with Crippen molar-refractivity contribution < 1.29 is 14.6 Å². The number of hydrogen-bond donors (Lipinski definition) is 2. The van der Waals surface area contributed by atoms with Crippen LogP contribution in [-0.2, 0) is 19.6 Å². The van der Waals surface area contributed by atoms with Crippen LogP contribution in [0.15, 0.2) is 78.9 Å². The minimum Gasteiger partial charge on any atom is -0.485 e. The van der Waals surface area contributed by atoms with E-state index in [0.717, 1.165) is 55.2 Å². The summed E-state index contributed by atoms with van der Waals surface area (Å²) in [5.41, 5.74) is 3.42. The molecule has 5 nitrogen and oxygen atoms in total. The molecule has 0 aliphatic carbocycles. The molecule has 174 valence electrons. The normalized spacial score (nSPS) is 18.4. The third-order valence-corrected chi connectivity index (χ3v) is 6.11. The predicted octanol–water partition coefficient (Wildman–Crippen LogP) is 4.04. The molecule has 3 aromatic carbocycles. The second kappa shape index (κ2) is 11.8. The van der Waals surface area contributed by atoms with E-state index in [9.17, 15) is 5.11 Å². The van der Waals surface area contributed by atoms with Crippen LogP contribution in [0.4, 0.5) is 0 Å². The molecule has 2 atom stereocenters. The molecule has 0 radical (unpaired) electrons. The van der Waals surface area contributed by atoms with E-state index >= 15 is 0 Å². The van der Waals surface area contributed by atoms with Crippen LogP contribution in [-0.4, -0.2) is 48.3 Å². The fourth-order valence-corrected chi connectivity index (χ4v) is 4.14. The molecule has 4 rings (SSSR count). The van der Waals surface area contributed by atoms with Gasteiger partial charge in [0.15, 0.2) is 11.5 Å². The fourth-order valence-electron chi connectivity index (χ4n) is 4.14. The average Bonchev–Trinajstić information content (AvgIpc) is 3.23. The van der Waals surface area contributed by atoms with Crippen molar-refractivity contribution in [2.24, 2.45) is 0 Å². The van der Waals surface area contributed by atoms with E-state index in [-0.39, 0.29) is 12.1 Å². The van der Waals surface area contributed by atoms with Gasteiger partial charge in [0.2, 0.25) is 0 Å². The Hall–Kier alpha value is -2.86. The molecule has 0 saturated carbocycles. The van der Waals surface area contributed by atoms with Gasteiger partial charge in [-0.15, -0.1) is 0 Å². The van der Waals surface area contributed by atoms with E-state index in [4.69, 9.17) is 9.47 Å².